The van der Waals surface area contributed by atoms with Gasteiger partial charge in [0.05, 0.1) is 13.5 Å². The Morgan fingerprint density at radius 1 is 1.30 bits per heavy atom. The number of carbonyl (C=O) groups is 1. The van der Waals surface area contributed by atoms with Gasteiger partial charge in [0.25, 0.3) is 0 Å². The molecule has 0 bridgehead atoms. The molecule has 0 amide bonds. The van der Waals surface area contributed by atoms with Crippen molar-refractivity contribution < 1.29 is 9.53 Å². The standard InChI is InChI=1S/C15H20N2O2S/c1-19-14(18)10-11-6-8-13(9-7-11)17-15(20)16-12-4-2-3-5-12/h6-9,12H,2-5,10H2,1H3,(H2,16,17,20). The first kappa shape index (κ1) is 14.8. The fourth-order valence-electron chi connectivity index (χ4n) is 2.37. The summed E-state index contributed by atoms with van der Waals surface area (Å²) in [6, 6.07) is 8.14. The number of benzene rings is 1. The van der Waals surface area contributed by atoms with E-state index in [9.17, 15) is 4.79 Å². The third kappa shape index (κ3) is 4.49. The van der Waals surface area contributed by atoms with Crippen LogP contribution in [-0.4, -0.2) is 24.2 Å². The van der Waals surface area contributed by atoms with Crippen LogP contribution in [0.1, 0.15) is 31.2 Å². The van der Waals surface area contributed by atoms with Gasteiger partial charge in [0.2, 0.25) is 0 Å². The number of nitrogens with one attached hydrogen (secondary N) is 2. The van der Waals surface area contributed by atoms with E-state index in [1.807, 2.05) is 24.3 Å². The maximum Gasteiger partial charge on any atom is 0.309 e. The van der Waals surface area contributed by atoms with E-state index in [0.717, 1.165) is 11.3 Å². The quantitative estimate of drug-likeness (QED) is 0.660. The Balaban J connectivity index is 1.83. The van der Waals surface area contributed by atoms with E-state index in [0.29, 0.717) is 17.6 Å². The lowest BCUT2D eigenvalue weighted by atomic mass is 10.1. The summed E-state index contributed by atoms with van der Waals surface area (Å²) in [5, 5.41) is 7.16. The molecule has 2 N–H and O–H groups in total. The Morgan fingerprint density at radius 3 is 2.55 bits per heavy atom. The highest BCUT2D eigenvalue weighted by atomic mass is 32.1. The van der Waals surface area contributed by atoms with Gasteiger partial charge in [0.15, 0.2) is 5.11 Å². The van der Waals surface area contributed by atoms with Crippen molar-refractivity contribution in [2.45, 2.75) is 38.1 Å². The van der Waals surface area contributed by atoms with Crippen molar-refractivity contribution >= 4 is 29.0 Å². The molecular formula is C15H20N2O2S. The van der Waals surface area contributed by atoms with Crippen LogP contribution in [0.3, 0.4) is 0 Å². The van der Waals surface area contributed by atoms with Crippen LogP contribution in [0.4, 0.5) is 5.69 Å². The van der Waals surface area contributed by atoms with Crippen molar-refractivity contribution in [1.29, 1.82) is 0 Å². The van der Waals surface area contributed by atoms with Crippen molar-refractivity contribution in [2.75, 3.05) is 12.4 Å². The third-order valence-electron chi connectivity index (χ3n) is 3.48. The van der Waals surface area contributed by atoms with E-state index >= 15 is 0 Å². The van der Waals surface area contributed by atoms with E-state index in [1.165, 1.54) is 32.8 Å². The lowest BCUT2D eigenvalue weighted by Gasteiger charge is -2.15. The molecule has 1 aromatic rings. The number of carbonyl (C=O) groups excluding carboxylic acids is 1. The second-order valence-corrected chi connectivity index (χ2v) is 5.44. The van der Waals surface area contributed by atoms with Crippen molar-refractivity contribution in [2.24, 2.45) is 0 Å². The van der Waals surface area contributed by atoms with Gasteiger partial charge in [-0.15, -0.1) is 0 Å². The van der Waals surface area contributed by atoms with Crippen LogP contribution in [0.2, 0.25) is 0 Å². The van der Waals surface area contributed by atoms with Crippen LogP contribution in [0, 0.1) is 0 Å². The molecule has 0 saturated heterocycles. The molecule has 1 aliphatic carbocycles. The van der Waals surface area contributed by atoms with Crippen molar-refractivity contribution in [3.8, 4) is 0 Å². The highest BCUT2D eigenvalue weighted by molar-refractivity contribution is 7.80. The van der Waals surface area contributed by atoms with Crippen LogP contribution in [0.25, 0.3) is 0 Å². The minimum Gasteiger partial charge on any atom is -0.469 e. The number of thiocarbonyl (C=S) groups is 1. The molecule has 1 aromatic carbocycles. The zero-order chi connectivity index (χ0) is 14.4. The van der Waals surface area contributed by atoms with Crippen molar-refractivity contribution in [3.63, 3.8) is 0 Å². The van der Waals surface area contributed by atoms with E-state index in [-0.39, 0.29) is 5.97 Å². The minimum absolute atomic E-state index is 0.232. The van der Waals surface area contributed by atoms with Gasteiger partial charge in [-0.3, -0.25) is 4.79 Å². The molecule has 1 fully saturated rings. The van der Waals surface area contributed by atoms with Crippen LogP contribution in [-0.2, 0) is 16.0 Å². The Kier molecular flexibility index (Phi) is 5.35. The summed E-state index contributed by atoms with van der Waals surface area (Å²) < 4.78 is 4.64. The Labute approximate surface area is 124 Å². The predicted octanol–water partition coefficient (Wildman–Crippen LogP) is 2.63. The number of methoxy groups -OCH3 is 1. The lowest BCUT2D eigenvalue weighted by molar-refractivity contribution is -0.139. The first-order chi connectivity index (χ1) is 9.67. The molecule has 0 radical (unpaired) electrons. The molecule has 1 saturated carbocycles. The van der Waals surface area contributed by atoms with Gasteiger partial charge in [0.1, 0.15) is 0 Å². The molecule has 4 nitrogen and oxygen atoms in total. The zero-order valence-corrected chi connectivity index (χ0v) is 12.5. The van der Waals surface area contributed by atoms with Gasteiger partial charge >= 0.3 is 5.97 Å². The maximum absolute atomic E-state index is 11.2. The number of esters is 1. The molecule has 0 atom stereocenters. The Morgan fingerprint density at radius 2 is 1.95 bits per heavy atom. The summed E-state index contributed by atoms with van der Waals surface area (Å²) in [5.41, 5.74) is 1.85. The Bertz CT molecular complexity index is 467. The molecule has 0 aromatic heterocycles. The molecule has 0 aliphatic heterocycles. The summed E-state index contributed by atoms with van der Waals surface area (Å²) >= 11 is 5.30. The number of anilines is 1. The average Bonchev–Trinajstić information content (AvgIpc) is 2.93. The summed E-state index contributed by atoms with van der Waals surface area (Å²) in [4.78, 5) is 11.2. The minimum atomic E-state index is -0.232. The normalized spacial score (nSPS) is 14.8. The van der Waals surface area contributed by atoms with Crippen molar-refractivity contribution in [1.82, 2.24) is 5.32 Å². The first-order valence-electron chi connectivity index (χ1n) is 6.90. The van der Waals surface area contributed by atoms with E-state index in [2.05, 4.69) is 15.4 Å². The molecule has 0 unspecified atom stereocenters. The van der Waals surface area contributed by atoms with Gasteiger partial charge in [0, 0.05) is 11.7 Å². The highest BCUT2D eigenvalue weighted by Gasteiger charge is 2.15. The topological polar surface area (TPSA) is 50.4 Å². The van der Waals surface area contributed by atoms with Gasteiger partial charge in [-0.1, -0.05) is 25.0 Å². The van der Waals surface area contributed by atoms with Gasteiger partial charge in [-0.2, -0.15) is 0 Å². The second-order valence-electron chi connectivity index (χ2n) is 5.03. The monoisotopic (exact) mass is 292 g/mol. The summed E-state index contributed by atoms with van der Waals surface area (Å²) in [5.74, 6) is -0.232. The van der Waals surface area contributed by atoms with Gasteiger partial charge in [-0.25, -0.2) is 0 Å². The second kappa shape index (κ2) is 7.24. The largest absolute Gasteiger partial charge is 0.469 e. The van der Waals surface area contributed by atoms with Gasteiger partial charge < -0.3 is 15.4 Å². The fraction of sp³-hybridized carbons (Fsp3) is 0.467. The Hall–Kier alpha value is -1.62. The summed E-state index contributed by atoms with van der Waals surface area (Å²) in [6.07, 6.45) is 5.24. The molecule has 2 rings (SSSR count). The summed E-state index contributed by atoms with van der Waals surface area (Å²) in [6.45, 7) is 0. The first-order valence-corrected chi connectivity index (χ1v) is 7.31. The lowest BCUT2D eigenvalue weighted by Crippen LogP contribution is -2.35. The fourth-order valence-corrected chi connectivity index (χ4v) is 2.65. The van der Waals surface area contributed by atoms with E-state index in [1.54, 1.807) is 0 Å². The molecule has 20 heavy (non-hydrogen) atoms. The van der Waals surface area contributed by atoms with Crippen LogP contribution in [0.5, 0.6) is 0 Å². The van der Waals surface area contributed by atoms with Crippen molar-refractivity contribution in [3.05, 3.63) is 29.8 Å². The highest BCUT2D eigenvalue weighted by Crippen LogP contribution is 2.18. The maximum atomic E-state index is 11.2. The van der Waals surface area contributed by atoms with Crippen LogP contribution in [0.15, 0.2) is 24.3 Å². The molecular weight excluding hydrogens is 272 g/mol. The molecule has 108 valence electrons. The predicted molar refractivity (Wildman–Crippen MR) is 83.8 cm³/mol. The number of ether oxygens (including phenoxy) is 1. The SMILES string of the molecule is COC(=O)Cc1ccc(NC(=S)NC2CCCC2)cc1. The molecule has 5 heteroatoms. The number of rotatable bonds is 4. The zero-order valence-electron chi connectivity index (χ0n) is 11.6. The smallest absolute Gasteiger partial charge is 0.309 e. The molecule has 0 spiro atoms. The van der Waals surface area contributed by atoms with Gasteiger partial charge in [-0.05, 0) is 42.8 Å². The number of hydrogen-bond acceptors (Lipinski definition) is 3. The molecule has 0 heterocycles. The van der Waals surface area contributed by atoms with E-state index in [4.69, 9.17) is 12.2 Å². The average molecular weight is 292 g/mol. The van der Waals surface area contributed by atoms with Crippen LogP contribution >= 0.6 is 12.2 Å². The molecule has 1 aliphatic rings. The van der Waals surface area contributed by atoms with Crippen LogP contribution < -0.4 is 10.6 Å². The van der Waals surface area contributed by atoms with E-state index < -0.39 is 0 Å². The number of hydrogen-bond donors (Lipinski definition) is 2. The summed E-state index contributed by atoms with van der Waals surface area (Å²) in [7, 11) is 1.39. The third-order valence-corrected chi connectivity index (χ3v) is 3.70.